The molecule has 0 aromatic carbocycles. The predicted molar refractivity (Wildman–Crippen MR) is 134 cm³/mol. The van der Waals surface area contributed by atoms with Crippen molar-refractivity contribution in [2.75, 3.05) is 32.4 Å². The second kappa shape index (κ2) is 10.6. The molecule has 0 aromatic heterocycles. The van der Waals surface area contributed by atoms with E-state index in [-0.39, 0.29) is 17.2 Å². The Kier molecular flexibility index (Phi) is 8.18. The lowest BCUT2D eigenvalue weighted by Crippen LogP contribution is -2.50. The summed E-state index contributed by atoms with van der Waals surface area (Å²) in [5.41, 5.74) is 2.49. The minimum Gasteiger partial charge on any atom is -0.352 e. The maximum absolute atomic E-state index is 13.0. The van der Waals surface area contributed by atoms with Crippen LogP contribution in [0.25, 0.3) is 0 Å². The third kappa shape index (κ3) is 5.35. The van der Waals surface area contributed by atoms with E-state index >= 15 is 0 Å². The molecule has 0 bridgehead atoms. The highest BCUT2D eigenvalue weighted by atomic mass is 32.2. The van der Waals surface area contributed by atoms with Gasteiger partial charge in [-0.2, -0.15) is 4.31 Å². The first-order chi connectivity index (χ1) is 16.2. The first-order valence-electron chi connectivity index (χ1n) is 12.3. The number of likely N-dealkylation sites (tertiary alicyclic amines) is 1. The number of piperidine rings is 1. The molecule has 8 nitrogen and oxygen atoms in total. The summed E-state index contributed by atoms with van der Waals surface area (Å²) in [6.45, 7) is 10.1. The molecule has 0 radical (unpaired) electrons. The van der Waals surface area contributed by atoms with E-state index in [1.165, 1.54) is 16.8 Å². The van der Waals surface area contributed by atoms with Gasteiger partial charge >= 0.3 is 0 Å². The van der Waals surface area contributed by atoms with Crippen molar-refractivity contribution in [3.8, 4) is 0 Å². The molecule has 188 valence electrons. The van der Waals surface area contributed by atoms with Crippen molar-refractivity contribution in [2.45, 2.75) is 58.4 Å². The molecule has 2 aliphatic heterocycles. The Balaban J connectivity index is 0.00000158. The number of nitrogens with zero attached hydrogens (tertiary/aromatic N) is 2. The Morgan fingerprint density at radius 3 is 2.50 bits per heavy atom. The minimum atomic E-state index is -3.37. The van der Waals surface area contributed by atoms with Crippen LogP contribution in [0, 0.1) is 16.7 Å². The van der Waals surface area contributed by atoms with E-state index < -0.39 is 16.1 Å². The van der Waals surface area contributed by atoms with Crippen LogP contribution in [0.4, 0.5) is 0 Å². The molecule has 2 N–H and O–H groups in total. The smallest absolute Gasteiger partial charge is 0.247 e. The summed E-state index contributed by atoms with van der Waals surface area (Å²) >= 11 is 0. The third-order valence-electron chi connectivity index (χ3n) is 7.62. The van der Waals surface area contributed by atoms with E-state index in [1.54, 1.807) is 12.2 Å². The van der Waals surface area contributed by atoms with Gasteiger partial charge in [-0.15, -0.1) is 0 Å². The Morgan fingerprint density at radius 1 is 1.26 bits per heavy atom. The Morgan fingerprint density at radius 2 is 1.94 bits per heavy atom. The highest BCUT2D eigenvalue weighted by molar-refractivity contribution is 7.88. The van der Waals surface area contributed by atoms with Gasteiger partial charge in [0.25, 0.3) is 0 Å². The maximum atomic E-state index is 13.0. The van der Waals surface area contributed by atoms with Crippen molar-refractivity contribution in [2.24, 2.45) is 11.3 Å². The molecule has 2 atom stereocenters. The topological polar surface area (TPSA) is 111 Å². The molecule has 4 aliphatic rings. The first kappa shape index (κ1) is 26.3. The standard InChI is InChI=1S/C23H32N4O4S.C2H6/c1-3-16-11-17(12-18(16)14-24)21(28)25-15-19-13-23(19)6-9-26(10-7-23)22(29)20-5-4-8-27(20)32(2,30)31;1-2/h3,11,14,19-20,24H,1,4-10,12-13,15H2,2H3,(H,25,28);1-2H3. The van der Waals surface area contributed by atoms with Crippen LogP contribution in [0.2, 0.25) is 0 Å². The summed E-state index contributed by atoms with van der Waals surface area (Å²) in [7, 11) is -3.37. The van der Waals surface area contributed by atoms with Gasteiger partial charge in [0.15, 0.2) is 0 Å². The lowest BCUT2D eigenvalue weighted by Gasteiger charge is -2.36. The molecule has 1 spiro atoms. The lowest BCUT2D eigenvalue weighted by atomic mass is 9.90. The average molecular weight is 491 g/mol. The molecule has 0 aromatic rings. The minimum absolute atomic E-state index is 0.0611. The van der Waals surface area contributed by atoms with E-state index in [1.807, 2.05) is 18.7 Å². The van der Waals surface area contributed by atoms with Gasteiger partial charge in [-0.25, -0.2) is 8.42 Å². The van der Waals surface area contributed by atoms with Crippen LogP contribution in [-0.4, -0.2) is 74.1 Å². The normalized spacial score (nSPS) is 26.0. The van der Waals surface area contributed by atoms with Crippen molar-refractivity contribution < 1.29 is 18.0 Å². The van der Waals surface area contributed by atoms with Gasteiger partial charge in [-0.3, -0.25) is 9.59 Å². The average Bonchev–Trinajstić information content (AvgIpc) is 3.19. The fourth-order valence-electron chi connectivity index (χ4n) is 5.54. The Hall–Kier alpha value is -2.26. The molecular formula is C25H38N4O4S. The number of carbonyl (C=O) groups is 2. The van der Waals surface area contributed by atoms with E-state index in [9.17, 15) is 18.0 Å². The highest BCUT2D eigenvalue weighted by Crippen LogP contribution is 2.59. The van der Waals surface area contributed by atoms with Crippen LogP contribution in [0.3, 0.4) is 0 Å². The largest absolute Gasteiger partial charge is 0.352 e. The zero-order valence-electron chi connectivity index (χ0n) is 20.6. The molecule has 4 rings (SSSR count). The lowest BCUT2D eigenvalue weighted by molar-refractivity contribution is -0.136. The third-order valence-corrected chi connectivity index (χ3v) is 8.91. The quantitative estimate of drug-likeness (QED) is 0.535. The fourth-order valence-corrected chi connectivity index (χ4v) is 6.66. The van der Waals surface area contributed by atoms with Crippen molar-refractivity contribution in [3.05, 3.63) is 35.5 Å². The number of amides is 2. The van der Waals surface area contributed by atoms with Crippen LogP contribution in [0.1, 0.15) is 52.4 Å². The second-order valence-corrected chi connectivity index (χ2v) is 11.4. The predicted octanol–water partition coefficient (Wildman–Crippen LogP) is 2.64. The van der Waals surface area contributed by atoms with Crippen molar-refractivity contribution in [3.63, 3.8) is 0 Å². The van der Waals surface area contributed by atoms with E-state index in [0.717, 1.165) is 36.8 Å². The van der Waals surface area contributed by atoms with Gasteiger partial charge in [0.1, 0.15) is 6.04 Å². The maximum Gasteiger partial charge on any atom is 0.247 e. The zero-order valence-corrected chi connectivity index (χ0v) is 21.4. The molecular weight excluding hydrogens is 452 g/mol. The summed E-state index contributed by atoms with van der Waals surface area (Å²) < 4.78 is 25.3. The summed E-state index contributed by atoms with van der Waals surface area (Å²) in [6, 6.07) is -0.548. The molecule has 9 heteroatoms. The SMILES string of the molecule is C=CC1=C(C=N)CC(C(=O)NCC2CC23CCN(C(=O)C2CCCN2S(C)(=O)=O)CC3)=C1.CC. The van der Waals surface area contributed by atoms with Crippen LogP contribution in [-0.2, 0) is 19.6 Å². The van der Waals surface area contributed by atoms with Gasteiger partial charge in [-0.05, 0) is 60.7 Å². The summed E-state index contributed by atoms with van der Waals surface area (Å²) in [5.74, 6) is 0.269. The number of nitrogens with one attached hydrogen (secondary N) is 2. The number of carbonyl (C=O) groups excluding carboxylic acids is 2. The molecule has 1 saturated carbocycles. The van der Waals surface area contributed by atoms with Gasteiger partial charge in [0.2, 0.25) is 21.8 Å². The van der Waals surface area contributed by atoms with Crippen molar-refractivity contribution >= 4 is 28.1 Å². The number of allylic oxidation sites excluding steroid dienone is 4. The summed E-state index contributed by atoms with van der Waals surface area (Å²) in [6.07, 6.45) is 10.6. The fraction of sp³-hybridized carbons (Fsp3) is 0.640. The van der Waals surface area contributed by atoms with Crippen LogP contribution >= 0.6 is 0 Å². The van der Waals surface area contributed by atoms with Gasteiger partial charge in [0.05, 0.1) is 6.26 Å². The van der Waals surface area contributed by atoms with E-state index in [0.29, 0.717) is 50.5 Å². The van der Waals surface area contributed by atoms with E-state index in [4.69, 9.17) is 5.41 Å². The molecule has 2 heterocycles. The van der Waals surface area contributed by atoms with Gasteiger partial charge < -0.3 is 15.6 Å². The number of hydrogen-bond donors (Lipinski definition) is 2. The number of hydrogen-bond acceptors (Lipinski definition) is 5. The molecule has 2 amide bonds. The summed E-state index contributed by atoms with van der Waals surface area (Å²) in [5, 5.41) is 10.5. The van der Waals surface area contributed by atoms with Gasteiger partial charge in [-0.1, -0.05) is 26.5 Å². The van der Waals surface area contributed by atoms with Crippen molar-refractivity contribution in [1.82, 2.24) is 14.5 Å². The van der Waals surface area contributed by atoms with Crippen LogP contribution < -0.4 is 5.32 Å². The number of sulfonamides is 1. The monoisotopic (exact) mass is 490 g/mol. The van der Waals surface area contributed by atoms with Crippen LogP contribution in [0.15, 0.2) is 35.5 Å². The molecule has 2 saturated heterocycles. The molecule has 2 unspecified atom stereocenters. The Labute approximate surface area is 203 Å². The molecule has 3 fully saturated rings. The van der Waals surface area contributed by atoms with E-state index in [2.05, 4.69) is 11.9 Å². The van der Waals surface area contributed by atoms with Crippen molar-refractivity contribution in [1.29, 1.82) is 5.41 Å². The highest BCUT2D eigenvalue weighted by Gasteiger charge is 2.55. The molecule has 2 aliphatic carbocycles. The second-order valence-electron chi connectivity index (χ2n) is 9.51. The Bertz CT molecular complexity index is 1010. The first-order valence-corrected chi connectivity index (χ1v) is 14.1. The van der Waals surface area contributed by atoms with Crippen LogP contribution in [0.5, 0.6) is 0 Å². The summed E-state index contributed by atoms with van der Waals surface area (Å²) in [4.78, 5) is 27.3. The number of rotatable bonds is 7. The van der Waals surface area contributed by atoms with Gasteiger partial charge in [0, 0.05) is 44.4 Å². The zero-order chi connectivity index (χ0) is 25.1. The molecule has 34 heavy (non-hydrogen) atoms.